The van der Waals surface area contributed by atoms with Crippen LogP contribution in [0.5, 0.6) is 0 Å². The summed E-state index contributed by atoms with van der Waals surface area (Å²) in [6.07, 6.45) is 0. The van der Waals surface area contributed by atoms with Crippen molar-refractivity contribution in [3.05, 3.63) is 0 Å². The minimum absolute atomic E-state index is 0.0390. The molecule has 0 unspecified atom stereocenters. The van der Waals surface area contributed by atoms with Gasteiger partial charge in [0.2, 0.25) is 5.91 Å². The van der Waals surface area contributed by atoms with Gasteiger partial charge in [-0.15, -0.1) is 11.6 Å². The van der Waals surface area contributed by atoms with Crippen molar-refractivity contribution in [2.24, 2.45) is 11.8 Å². The van der Waals surface area contributed by atoms with E-state index in [1.54, 1.807) is 14.0 Å². The summed E-state index contributed by atoms with van der Waals surface area (Å²) in [5.41, 5.74) is 0. The molecular weight excluding hydrogens is 202 g/mol. The van der Waals surface area contributed by atoms with Crippen molar-refractivity contribution in [3.8, 4) is 0 Å². The zero-order chi connectivity index (χ0) is 10.7. The summed E-state index contributed by atoms with van der Waals surface area (Å²) in [5.74, 6) is 1.01. The van der Waals surface area contributed by atoms with Crippen molar-refractivity contribution < 1.29 is 9.53 Å². The third kappa shape index (κ3) is 2.61. The number of hydrogen-bond acceptors (Lipinski definition) is 2. The van der Waals surface area contributed by atoms with E-state index in [1.807, 2.05) is 4.90 Å². The highest BCUT2D eigenvalue weighted by molar-refractivity contribution is 6.30. The van der Waals surface area contributed by atoms with Gasteiger partial charge in [-0.05, 0) is 12.8 Å². The van der Waals surface area contributed by atoms with Crippen LogP contribution in [0.25, 0.3) is 0 Å². The maximum absolute atomic E-state index is 11.6. The van der Waals surface area contributed by atoms with Crippen LogP contribution < -0.4 is 0 Å². The van der Waals surface area contributed by atoms with Crippen LogP contribution in [0.2, 0.25) is 0 Å². The van der Waals surface area contributed by atoms with Gasteiger partial charge < -0.3 is 9.64 Å². The molecule has 4 heteroatoms. The molecule has 0 N–H and O–H groups in total. The van der Waals surface area contributed by atoms with Crippen molar-refractivity contribution in [3.63, 3.8) is 0 Å². The predicted molar refractivity (Wildman–Crippen MR) is 56.4 cm³/mol. The van der Waals surface area contributed by atoms with Gasteiger partial charge in [0.15, 0.2) is 0 Å². The average molecular weight is 220 g/mol. The van der Waals surface area contributed by atoms with Crippen LogP contribution in [-0.2, 0) is 9.53 Å². The van der Waals surface area contributed by atoms with Gasteiger partial charge in [0.1, 0.15) is 5.38 Å². The van der Waals surface area contributed by atoms with Gasteiger partial charge in [-0.1, -0.05) is 6.92 Å². The lowest BCUT2D eigenvalue weighted by atomic mass is 10.00. The average Bonchev–Trinajstić information content (AvgIpc) is 2.47. The third-order valence-corrected chi connectivity index (χ3v) is 2.99. The topological polar surface area (TPSA) is 29.5 Å². The Balaban J connectivity index is 2.49. The number of nitrogens with zero attached hydrogens (tertiary/aromatic N) is 1. The highest BCUT2D eigenvalue weighted by Gasteiger charge is 2.33. The van der Waals surface area contributed by atoms with Crippen LogP contribution in [0.15, 0.2) is 0 Å². The SMILES string of the molecule is COC[C@@H]1CN(C(=O)[C@@H](C)Cl)C[C@@H]1C. The van der Waals surface area contributed by atoms with E-state index in [4.69, 9.17) is 16.3 Å². The lowest BCUT2D eigenvalue weighted by Crippen LogP contribution is -2.34. The third-order valence-electron chi connectivity index (χ3n) is 2.80. The zero-order valence-electron chi connectivity index (χ0n) is 9.00. The summed E-state index contributed by atoms with van der Waals surface area (Å²) in [5, 5.41) is -0.413. The number of alkyl halides is 1. The molecule has 0 bridgehead atoms. The largest absolute Gasteiger partial charge is 0.384 e. The maximum Gasteiger partial charge on any atom is 0.240 e. The van der Waals surface area contributed by atoms with E-state index in [9.17, 15) is 4.79 Å². The minimum Gasteiger partial charge on any atom is -0.384 e. The molecule has 0 aromatic rings. The van der Waals surface area contributed by atoms with Gasteiger partial charge in [0.05, 0.1) is 6.61 Å². The normalized spacial score (nSPS) is 29.3. The highest BCUT2D eigenvalue weighted by Crippen LogP contribution is 2.24. The summed E-state index contributed by atoms with van der Waals surface area (Å²) in [6.45, 7) is 6.19. The van der Waals surface area contributed by atoms with Crippen molar-refractivity contribution in [1.82, 2.24) is 4.90 Å². The monoisotopic (exact) mass is 219 g/mol. The predicted octanol–water partition coefficient (Wildman–Crippen LogP) is 1.35. The summed E-state index contributed by atoms with van der Waals surface area (Å²) < 4.78 is 5.11. The Labute approximate surface area is 90.4 Å². The molecule has 1 amide bonds. The number of halogens is 1. The van der Waals surface area contributed by atoms with E-state index < -0.39 is 5.38 Å². The van der Waals surface area contributed by atoms with Crippen molar-refractivity contribution in [1.29, 1.82) is 0 Å². The van der Waals surface area contributed by atoms with Gasteiger partial charge in [0.25, 0.3) is 0 Å². The molecule has 0 aromatic carbocycles. The number of methoxy groups -OCH3 is 1. The number of ether oxygens (including phenoxy) is 1. The fourth-order valence-corrected chi connectivity index (χ4v) is 2.03. The van der Waals surface area contributed by atoms with Crippen LogP contribution >= 0.6 is 11.6 Å². The smallest absolute Gasteiger partial charge is 0.240 e. The molecule has 0 radical (unpaired) electrons. The number of carbonyl (C=O) groups excluding carboxylic acids is 1. The van der Waals surface area contributed by atoms with E-state index >= 15 is 0 Å². The standard InChI is InChI=1S/C10H18ClNO2/c1-7-4-12(10(13)8(2)11)5-9(7)6-14-3/h7-9H,4-6H2,1-3H3/t7-,8+,9-/m0/s1. The summed E-state index contributed by atoms with van der Waals surface area (Å²) >= 11 is 5.76. The summed E-state index contributed by atoms with van der Waals surface area (Å²) in [6, 6.07) is 0. The quantitative estimate of drug-likeness (QED) is 0.671. The van der Waals surface area contributed by atoms with Gasteiger partial charge in [-0.2, -0.15) is 0 Å². The summed E-state index contributed by atoms with van der Waals surface area (Å²) in [4.78, 5) is 13.4. The summed E-state index contributed by atoms with van der Waals surface area (Å²) in [7, 11) is 1.70. The fourth-order valence-electron chi connectivity index (χ4n) is 1.90. The molecule has 82 valence electrons. The molecule has 0 spiro atoms. The molecule has 1 aliphatic rings. The fraction of sp³-hybridized carbons (Fsp3) is 0.900. The van der Waals surface area contributed by atoms with Crippen LogP contribution in [0.1, 0.15) is 13.8 Å². The number of hydrogen-bond donors (Lipinski definition) is 0. The van der Waals surface area contributed by atoms with E-state index in [0.29, 0.717) is 11.8 Å². The molecule has 1 saturated heterocycles. The van der Waals surface area contributed by atoms with Gasteiger partial charge >= 0.3 is 0 Å². The first kappa shape index (κ1) is 11.8. The second-order valence-corrected chi connectivity index (χ2v) is 4.71. The highest BCUT2D eigenvalue weighted by atomic mass is 35.5. The molecule has 1 rings (SSSR count). The Hall–Kier alpha value is -0.280. The lowest BCUT2D eigenvalue weighted by molar-refractivity contribution is -0.129. The molecule has 0 aromatic heterocycles. The Bertz CT molecular complexity index is 208. The van der Waals surface area contributed by atoms with E-state index in [0.717, 1.165) is 19.7 Å². The lowest BCUT2D eigenvalue weighted by Gasteiger charge is -2.17. The molecule has 1 fully saturated rings. The first-order valence-electron chi connectivity index (χ1n) is 4.98. The van der Waals surface area contributed by atoms with Crippen molar-refractivity contribution >= 4 is 17.5 Å². The van der Waals surface area contributed by atoms with E-state index in [1.165, 1.54) is 0 Å². The molecule has 3 nitrogen and oxygen atoms in total. The molecule has 1 aliphatic heterocycles. The van der Waals surface area contributed by atoms with Gasteiger partial charge in [-0.3, -0.25) is 4.79 Å². The van der Waals surface area contributed by atoms with Gasteiger partial charge in [-0.25, -0.2) is 0 Å². The van der Waals surface area contributed by atoms with Crippen LogP contribution in [0.4, 0.5) is 0 Å². The van der Waals surface area contributed by atoms with Gasteiger partial charge in [0, 0.05) is 26.1 Å². The molecule has 0 saturated carbocycles. The molecule has 1 heterocycles. The zero-order valence-corrected chi connectivity index (χ0v) is 9.75. The molecule has 3 atom stereocenters. The Morgan fingerprint density at radius 3 is 2.79 bits per heavy atom. The number of rotatable bonds is 3. The number of likely N-dealkylation sites (tertiary alicyclic amines) is 1. The van der Waals surface area contributed by atoms with Crippen LogP contribution in [0.3, 0.4) is 0 Å². The Morgan fingerprint density at radius 1 is 1.64 bits per heavy atom. The molecule has 0 aliphatic carbocycles. The van der Waals surface area contributed by atoms with Crippen molar-refractivity contribution in [2.45, 2.75) is 19.2 Å². The van der Waals surface area contributed by atoms with Crippen LogP contribution in [0, 0.1) is 11.8 Å². The number of carbonyl (C=O) groups is 1. The second-order valence-electron chi connectivity index (χ2n) is 4.05. The first-order chi connectivity index (χ1) is 6.56. The molecular formula is C10H18ClNO2. The minimum atomic E-state index is -0.413. The molecule has 14 heavy (non-hydrogen) atoms. The van der Waals surface area contributed by atoms with Crippen molar-refractivity contribution in [2.75, 3.05) is 26.8 Å². The Morgan fingerprint density at radius 2 is 2.29 bits per heavy atom. The number of amides is 1. The van der Waals surface area contributed by atoms with E-state index in [-0.39, 0.29) is 5.91 Å². The first-order valence-corrected chi connectivity index (χ1v) is 5.41. The Kier molecular flexibility index (Phi) is 4.20. The van der Waals surface area contributed by atoms with E-state index in [2.05, 4.69) is 6.92 Å². The maximum atomic E-state index is 11.6. The van der Waals surface area contributed by atoms with Crippen LogP contribution in [-0.4, -0.2) is 43.0 Å². The second kappa shape index (κ2) is 4.99.